The van der Waals surface area contributed by atoms with Gasteiger partial charge < -0.3 is 10.6 Å². The fourth-order valence-corrected chi connectivity index (χ4v) is 3.08. The predicted molar refractivity (Wildman–Crippen MR) is 91.7 cm³/mol. The van der Waals surface area contributed by atoms with Gasteiger partial charge in [0, 0.05) is 30.3 Å². The van der Waals surface area contributed by atoms with Crippen molar-refractivity contribution in [3.63, 3.8) is 0 Å². The molecule has 4 nitrogen and oxygen atoms in total. The summed E-state index contributed by atoms with van der Waals surface area (Å²) >= 11 is 0. The van der Waals surface area contributed by atoms with Crippen LogP contribution in [-0.2, 0) is 11.3 Å². The Morgan fingerprint density at radius 3 is 3.00 bits per heavy atom. The minimum Gasteiger partial charge on any atom is -0.352 e. The fourth-order valence-electron chi connectivity index (χ4n) is 3.08. The van der Waals surface area contributed by atoms with E-state index in [9.17, 15) is 4.79 Å². The Hall–Kier alpha value is -2.20. The number of benzene rings is 1. The Kier molecular flexibility index (Phi) is 5.03. The van der Waals surface area contributed by atoms with Crippen LogP contribution in [-0.4, -0.2) is 23.5 Å². The molecular formula is C19H23N3O. The minimum atomic E-state index is 0.130. The van der Waals surface area contributed by atoms with E-state index in [0.29, 0.717) is 12.6 Å². The van der Waals surface area contributed by atoms with Gasteiger partial charge in [-0.2, -0.15) is 0 Å². The van der Waals surface area contributed by atoms with Crippen molar-refractivity contribution in [2.24, 2.45) is 5.92 Å². The van der Waals surface area contributed by atoms with Gasteiger partial charge in [0.15, 0.2) is 0 Å². The van der Waals surface area contributed by atoms with E-state index >= 15 is 0 Å². The largest absolute Gasteiger partial charge is 0.352 e. The molecule has 0 saturated carbocycles. The lowest BCUT2D eigenvalue weighted by Gasteiger charge is -2.27. The molecule has 2 aromatic rings. The Morgan fingerprint density at radius 2 is 2.22 bits per heavy atom. The van der Waals surface area contributed by atoms with Crippen LogP contribution < -0.4 is 10.6 Å². The average molecular weight is 309 g/mol. The third kappa shape index (κ3) is 4.17. The second-order valence-electron chi connectivity index (χ2n) is 6.21. The van der Waals surface area contributed by atoms with E-state index in [2.05, 4.69) is 28.6 Å². The number of carbonyl (C=O) groups is 1. The number of amides is 1. The number of hydrogen-bond acceptors (Lipinski definition) is 3. The summed E-state index contributed by atoms with van der Waals surface area (Å²) < 4.78 is 0. The normalized spacial score (nSPS) is 20.9. The molecule has 0 unspecified atom stereocenters. The van der Waals surface area contributed by atoms with E-state index in [1.807, 2.05) is 36.4 Å². The molecule has 2 heterocycles. The van der Waals surface area contributed by atoms with Crippen molar-refractivity contribution in [1.29, 1.82) is 0 Å². The van der Waals surface area contributed by atoms with E-state index in [-0.39, 0.29) is 11.8 Å². The fraction of sp³-hybridized carbons (Fsp3) is 0.368. The van der Waals surface area contributed by atoms with Gasteiger partial charge in [-0.3, -0.25) is 9.78 Å². The van der Waals surface area contributed by atoms with Crippen molar-refractivity contribution in [3.8, 4) is 11.3 Å². The molecule has 1 aromatic carbocycles. The molecule has 0 radical (unpaired) electrons. The molecule has 1 aliphatic rings. The number of piperidine rings is 1. The molecule has 2 atom stereocenters. The Balaban J connectivity index is 1.61. The molecule has 0 spiro atoms. The van der Waals surface area contributed by atoms with E-state index in [1.165, 1.54) is 0 Å². The van der Waals surface area contributed by atoms with Crippen molar-refractivity contribution >= 4 is 5.91 Å². The third-order valence-electron chi connectivity index (χ3n) is 4.35. The molecule has 0 aliphatic carbocycles. The van der Waals surface area contributed by atoms with Crippen molar-refractivity contribution in [3.05, 3.63) is 54.2 Å². The van der Waals surface area contributed by atoms with Crippen LogP contribution in [0.5, 0.6) is 0 Å². The first kappa shape index (κ1) is 15.7. The van der Waals surface area contributed by atoms with Gasteiger partial charge in [-0.05, 0) is 50.1 Å². The van der Waals surface area contributed by atoms with Crippen LogP contribution in [0.2, 0.25) is 0 Å². The average Bonchev–Trinajstić information content (AvgIpc) is 2.61. The topological polar surface area (TPSA) is 54.0 Å². The van der Waals surface area contributed by atoms with Gasteiger partial charge in [0.05, 0.1) is 5.69 Å². The molecule has 0 bridgehead atoms. The maximum absolute atomic E-state index is 12.3. The van der Waals surface area contributed by atoms with Crippen LogP contribution in [0.15, 0.2) is 48.7 Å². The number of hydrogen-bond donors (Lipinski definition) is 2. The number of carbonyl (C=O) groups excluding carboxylic acids is 1. The number of nitrogens with one attached hydrogen (secondary N) is 2. The molecule has 1 amide bonds. The van der Waals surface area contributed by atoms with Crippen molar-refractivity contribution < 1.29 is 4.79 Å². The zero-order chi connectivity index (χ0) is 16.1. The molecule has 120 valence electrons. The zero-order valence-corrected chi connectivity index (χ0v) is 13.5. The third-order valence-corrected chi connectivity index (χ3v) is 4.35. The zero-order valence-electron chi connectivity index (χ0n) is 13.5. The summed E-state index contributed by atoms with van der Waals surface area (Å²) in [7, 11) is 0. The summed E-state index contributed by atoms with van der Waals surface area (Å²) in [6.07, 6.45) is 3.63. The first-order valence-corrected chi connectivity index (χ1v) is 8.24. The van der Waals surface area contributed by atoms with Crippen molar-refractivity contribution in [1.82, 2.24) is 15.6 Å². The number of nitrogens with zero attached hydrogens (tertiary/aromatic N) is 1. The second kappa shape index (κ2) is 7.38. The highest BCUT2D eigenvalue weighted by atomic mass is 16.1. The lowest BCUT2D eigenvalue weighted by molar-refractivity contribution is -0.126. The molecule has 1 aliphatic heterocycles. The minimum absolute atomic E-state index is 0.130. The summed E-state index contributed by atoms with van der Waals surface area (Å²) in [5.74, 6) is 0.298. The van der Waals surface area contributed by atoms with Crippen molar-refractivity contribution in [2.75, 3.05) is 6.54 Å². The molecule has 2 N–H and O–H groups in total. The monoisotopic (exact) mass is 309 g/mol. The highest BCUT2D eigenvalue weighted by Crippen LogP contribution is 2.19. The van der Waals surface area contributed by atoms with Crippen LogP contribution in [0.1, 0.15) is 25.3 Å². The van der Waals surface area contributed by atoms with Crippen LogP contribution in [0.4, 0.5) is 0 Å². The summed E-state index contributed by atoms with van der Waals surface area (Å²) in [6.45, 7) is 3.63. The van der Waals surface area contributed by atoms with Crippen molar-refractivity contribution in [2.45, 2.75) is 32.4 Å². The Bertz CT molecular complexity index is 657. The lowest BCUT2D eigenvalue weighted by Crippen LogP contribution is -2.42. The van der Waals surface area contributed by atoms with E-state index in [4.69, 9.17) is 0 Å². The van der Waals surface area contributed by atoms with Crippen LogP contribution in [0.25, 0.3) is 11.3 Å². The molecule has 23 heavy (non-hydrogen) atoms. The number of rotatable bonds is 4. The van der Waals surface area contributed by atoms with E-state index < -0.39 is 0 Å². The molecule has 1 aromatic heterocycles. The molecule has 1 fully saturated rings. The molecule has 3 rings (SSSR count). The highest BCUT2D eigenvalue weighted by Gasteiger charge is 2.24. The van der Waals surface area contributed by atoms with E-state index in [1.54, 1.807) is 6.20 Å². The summed E-state index contributed by atoms with van der Waals surface area (Å²) in [5.41, 5.74) is 3.13. The standard InChI is InChI=1S/C19H23N3O/c1-14-11-17(8-10-20-14)19(23)22-13-15-5-4-6-16(12-15)18-7-2-3-9-21-18/h2-7,9,12,14,17,20H,8,10-11,13H2,1H3,(H,22,23)/t14-,17-/m0/s1. The Morgan fingerprint density at radius 1 is 1.30 bits per heavy atom. The van der Waals surface area contributed by atoms with Crippen LogP contribution in [0, 0.1) is 5.92 Å². The van der Waals surface area contributed by atoms with Gasteiger partial charge in [-0.1, -0.05) is 24.3 Å². The molecule has 4 heteroatoms. The maximum atomic E-state index is 12.3. The summed E-state index contributed by atoms with van der Waals surface area (Å²) in [4.78, 5) is 16.7. The predicted octanol–water partition coefficient (Wildman–Crippen LogP) is 2.75. The first-order chi connectivity index (χ1) is 11.2. The summed E-state index contributed by atoms with van der Waals surface area (Å²) in [5, 5.41) is 6.46. The smallest absolute Gasteiger partial charge is 0.223 e. The second-order valence-corrected chi connectivity index (χ2v) is 6.21. The van der Waals surface area contributed by atoms with Gasteiger partial charge in [-0.15, -0.1) is 0 Å². The molecule has 1 saturated heterocycles. The molecular weight excluding hydrogens is 286 g/mol. The summed E-state index contributed by atoms with van der Waals surface area (Å²) in [6, 6.07) is 14.5. The first-order valence-electron chi connectivity index (χ1n) is 8.24. The van der Waals surface area contributed by atoms with Gasteiger partial charge in [0.1, 0.15) is 0 Å². The highest BCUT2D eigenvalue weighted by molar-refractivity contribution is 5.78. The quantitative estimate of drug-likeness (QED) is 0.913. The number of pyridine rings is 1. The lowest BCUT2D eigenvalue weighted by atomic mass is 9.92. The number of aromatic nitrogens is 1. The van der Waals surface area contributed by atoms with E-state index in [0.717, 1.165) is 36.2 Å². The van der Waals surface area contributed by atoms with Gasteiger partial charge in [-0.25, -0.2) is 0 Å². The van der Waals surface area contributed by atoms with Gasteiger partial charge in [0.2, 0.25) is 5.91 Å². The van der Waals surface area contributed by atoms with Crippen LogP contribution >= 0.6 is 0 Å². The SMILES string of the molecule is C[C@H]1C[C@@H](C(=O)NCc2cccc(-c3ccccn3)c2)CCN1. The maximum Gasteiger partial charge on any atom is 0.223 e. The van der Waals surface area contributed by atoms with Crippen LogP contribution in [0.3, 0.4) is 0 Å². The van der Waals surface area contributed by atoms with Gasteiger partial charge >= 0.3 is 0 Å². The van der Waals surface area contributed by atoms with Gasteiger partial charge in [0.25, 0.3) is 0 Å². The Labute approximate surface area is 137 Å².